The molecule has 2 nitrogen and oxygen atoms in total. The Morgan fingerprint density at radius 3 is 1.83 bits per heavy atom. The summed E-state index contributed by atoms with van der Waals surface area (Å²) in [4.78, 5) is 0. The van der Waals surface area contributed by atoms with Crippen LogP contribution in [0, 0.1) is 0 Å². The highest BCUT2D eigenvalue weighted by molar-refractivity contribution is 7.79. The van der Waals surface area contributed by atoms with Crippen molar-refractivity contribution < 1.29 is 4.74 Å². The van der Waals surface area contributed by atoms with E-state index < -0.39 is 7.92 Å². The van der Waals surface area contributed by atoms with Crippen LogP contribution in [0.15, 0.2) is 84.9 Å². The van der Waals surface area contributed by atoms with Gasteiger partial charge in [-0.3, -0.25) is 0 Å². The van der Waals surface area contributed by atoms with Gasteiger partial charge in [0.15, 0.2) is 0 Å². The van der Waals surface area contributed by atoms with E-state index in [2.05, 4.69) is 78.9 Å². The monoisotopic (exact) mass is 321 g/mol. The highest BCUT2D eigenvalue weighted by atomic mass is 31.1. The predicted octanol–water partition coefficient (Wildman–Crippen LogP) is 2.78. The van der Waals surface area contributed by atoms with Gasteiger partial charge in [-0.05, 0) is 36.0 Å². The van der Waals surface area contributed by atoms with Crippen molar-refractivity contribution in [3.63, 3.8) is 0 Å². The number of hydrogen-bond acceptors (Lipinski definition) is 2. The molecule has 0 aliphatic rings. The second-order valence-corrected chi connectivity index (χ2v) is 7.36. The SMILES string of the molecule is NCCOc1cccc(P(c2ccccc2)c2ccccc2)c1. The first kappa shape index (κ1) is 15.7. The summed E-state index contributed by atoms with van der Waals surface area (Å²) < 4.78 is 5.70. The van der Waals surface area contributed by atoms with Crippen LogP contribution in [-0.2, 0) is 0 Å². The molecule has 0 spiro atoms. The Hall–Kier alpha value is -2.15. The van der Waals surface area contributed by atoms with Gasteiger partial charge in [0.25, 0.3) is 0 Å². The molecule has 0 radical (unpaired) electrons. The van der Waals surface area contributed by atoms with E-state index >= 15 is 0 Å². The van der Waals surface area contributed by atoms with Crippen molar-refractivity contribution in [1.29, 1.82) is 0 Å². The number of ether oxygens (including phenoxy) is 1. The number of nitrogens with two attached hydrogens (primary N) is 1. The summed E-state index contributed by atoms with van der Waals surface area (Å²) in [5.41, 5.74) is 5.54. The van der Waals surface area contributed by atoms with Gasteiger partial charge < -0.3 is 10.5 Å². The lowest BCUT2D eigenvalue weighted by atomic mass is 10.3. The van der Waals surface area contributed by atoms with Crippen molar-refractivity contribution in [2.75, 3.05) is 13.2 Å². The third-order valence-corrected chi connectivity index (χ3v) is 5.91. The van der Waals surface area contributed by atoms with E-state index in [1.807, 2.05) is 6.07 Å². The molecule has 2 N–H and O–H groups in total. The maximum atomic E-state index is 5.70. The molecule has 0 bridgehead atoms. The van der Waals surface area contributed by atoms with Gasteiger partial charge in [-0.25, -0.2) is 0 Å². The van der Waals surface area contributed by atoms with Crippen LogP contribution in [0.3, 0.4) is 0 Å². The number of rotatable bonds is 6. The van der Waals surface area contributed by atoms with Gasteiger partial charge in [0, 0.05) is 6.54 Å². The number of hydrogen-bond donors (Lipinski definition) is 1. The lowest BCUT2D eigenvalue weighted by Crippen LogP contribution is -2.20. The van der Waals surface area contributed by atoms with Gasteiger partial charge in [0.1, 0.15) is 12.4 Å². The third kappa shape index (κ3) is 3.98. The molecule has 0 amide bonds. The molecule has 3 aromatic carbocycles. The fourth-order valence-corrected chi connectivity index (χ4v) is 4.82. The fourth-order valence-electron chi connectivity index (χ4n) is 2.49. The molecule has 0 heterocycles. The van der Waals surface area contributed by atoms with E-state index in [9.17, 15) is 0 Å². The molecular weight excluding hydrogens is 301 g/mol. The molecule has 3 aromatic rings. The minimum Gasteiger partial charge on any atom is -0.492 e. The standard InChI is InChI=1S/C20H20NOP/c21-14-15-22-17-8-7-13-20(16-17)23(18-9-3-1-4-10-18)19-11-5-2-6-12-19/h1-13,16H,14-15,21H2. The summed E-state index contributed by atoms with van der Waals surface area (Å²) in [7, 11) is -0.588. The molecule has 0 atom stereocenters. The van der Waals surface area contributed by atoms with Gasteiger partial charge in [-0.15, -0.1) is 0 Å². The summed E-state index contributed by atoms with van der Waals surface area (Å²) in [5.74, 6) is 0.882. The van der Waals surface area contributed by atoms with Crippen LogP contribution in [0.2, 0.25) is 0 Å². The van der Waals surface area contributed by atoms with E-state index in [0.29, 0.717) is 13.2 Å². The van der Waals surface area contributed by atoms with Crippen molar-refractivity contribution in [2.24, 2.45) is 5.73 Å². The van der Waals surface area contributed by atoms with E-state index in [1.165, 1.54) is 15.9 Å². The Balaban J connectivity index is 2.02. The van der Waals surface area contributed by atoms with Crippen LogP contribution >= 0.6 is 7.92 Å². The Morgan fingerprint density at radius 1 is 0.696 bits per heavy atom. The molecule has 3 heteroatoms. The zero-order valence-electron chi connectivity index (χ0n) is 12.9. The van der Waals surface area contributed by atoms with E-state index in [0.717, 1.165) is 5.75 Å². The average Bonchev–Trinajstić information content (AvgIpc) is 2.62. The highest BCUT2D eigenvalue weighted by Crippen LogP contribution is 2.33. The van der Waals surface area contributed by atoms with Gasteiger partial charge in [0.05, 0.1) is 0 Å². The smallest absolute Gasteiger partial charge is 0.120 e. The van der Waals surface area contributed by atoms with Crippen molar-refractivity contribution in [3.8, 4) is 5.75 Å². The average molecular weight is 321 g/mol. The summed E-state index contributed by atoms with van der Waals surface area (Å²) >= 11 is 0. The molecule has 0 aliphatic carbocycles. The molecule has 116 valence electrons. The third-order valence-electron chi connectivity index (χ3n) is 3.49. The lowest BCUT2D eigenvalue weighted by Gasteiger charge is -2.20. The van der Waals surface area contributed by atoms with Crippen LogP contribution in [0.1, 0.15) is 0 Å². The van der Waals surface area contributed by atoms with Gasteiger partial charge in [0.2, 0.25) is 0 Å². The fraction of sp³-hybridized carbons (Fsp3) is 0.100. The minimum atomic E-state index is -0.588. The van der Waals surface area contributed by atoms with Crippen molar-refractivity contribution in [1.82, 2.24) is 0 Å². The zero-order chi connectivity index (χ0) is 15.9. The lowest BCUT2D eigenvalue weighted by molar-refractivity contribution is 0.328. The molecule has 3 rings (SSSR count). The van der Waals surface area contributed by atoms with Crippen LogP contribution in [0.5, 0.6) is 5.75 Å². The van der Waals surface area contributed by atoms with Crippen molar-refractivity contribution in [2.45, 2.75) is 0 Å². The molecule has 0 aliphatic heterocycles. The maximum absolute atomic E-state index is 5.70. The molecule has 23 heavy (non-hydrogen) atoms. The molecule has 0 saturated carbocycles. The quantitative estimate of drug-likeness (QED) is 0.709. The zero-order valence-corrected chi connectivity index (χ0v) is 13.8. The first-order valence-corrected chi connectivity index (χ1v) is 9.06. The van der Waals surface area contributed by atoms with Crippen LogP contribution < -0.4 is 26.4 Å². The second-order valence-electron chi connectivity index (χ2n) is 5.14. The number of benzene rings is 3. The largest absolute Gasteiger partial charge is 0.492 e. The topological polar surface area (TPSA) is 35.2 Å². The molecule has 0 unspecified atom stereocenters. The van der Waals surface area contributed by atoms with Crippen LogP contribution in [-0.4, -0.2) is 13.2 Å². The second kappa shape index (κ2) is 7.92. The first-order valence-electron chi connectivity index (χ1n) is 7.71. The summed E-state index contributed by atoms with van der Waals surface area (Å²) in [6.45, 7) is 1.06. The first-order chi connectivity index (χ1) is 11.4. The minimum absolute atomic E-state index is 0.524. The Labute approximate surface area is 138 Å². The van der Waals surface area contributed by atoms with E-state index in [1.54, 1.807) is 0 Å². The van der Waals surface area contributed by atoms with Crippen molar-refractivity contribution in [3.05, 3.63) is 84.9 Å². The molecule has 0 aromatic heterocycles. The normalized spacial score (nSPS) is 10.7. The Morgan fingerprint density at radius 2 is 1.26 bits per heavy atom. The van der Waals surface area contributed by atoms with E-state index in [4.69, 9.17) is 10.5 Å². The maximum Gasteiger partial charge on any atom is 0.120 e. The van der Waals surface area contributed by atoms with Crippen molar-refractivity contribution >= 4 is 23.8 Å². The Bertz CT molecular complexity index is 691. The van der Waals surface area contributed by atoms with Gasteiger partial charge in [-0.1, -0.05) is 72.8 Å². The molecule has 0 fully saturated rings. The van der Waals surface area contributed by atoms with Crippen LogP contribution in [0.25, 0.3) is 0 Å². The summed E-state index contributed by atoms with van der Waals surface area (Å²) in [6, 6.07) is 29.7. The summed E-state index contributed by atoms with van der Waals surface area (Å²) in [5, 5.41) is 3.96. The van der Waals surface area contributed by atoms with Gasteiger partial charge in [-0.2, -0.15) is 0 Å². The Kier molecular flexibility index (Phi) is 5.42. The molecular formula is C20H20NOP. The predicted molar refractivity (Wildman–Crippen MR) is 99.7 cm³/mol. The summed E-state index contributed by atoms with van der Waals surface area (Å²) in [6.07, 6.45) is 0. The van der Waals surface area contributed by atoms with E-state index in [-0.39, 0.29) is 0 Å². The highest BCUT2D eigenvalue weighted by Gasteiger charge is 2.16. The van der Waals surface area contributed by atoms with Crippen LogP contribution in [0.4, 0.5) is 0 Å². The molecule has 0 saturated heterocycles. The van der Waals surface area contributed by atoms with Gasteiger partial charge >= 0.3 is 0 Å².